The van der Waals surface area contributed by atoms with Gasteiger partial charge in [-0.1, -0.05) is 23.7 Å². The molecule has 140 valence electrons. The number of nitrogens with one attached hydrogen (secondary N) is 1. The number of amides is 2. The molecule has 2 heterocycles. The number of hydrogen-bond acceptors (Lipinski definition) is 5. The summed E-state index contributed by atoms with van der Waals surface area (Å²) in [5, 5.41) is 3.14. The van der Waals surface area contributed by atoms with E-state index in [2.05, 4.69) is 10.3 Å². The van der Waals surface area contributed by atoms with Gasteiger partial charge in [0.1, 0.15) is 11.2 Å². The number of carbonyl (C=O) groups is 2. The maximum absolute atomic E-state index is 12.7. The molecule has 0 aliphatic heterocycles. The Balaban J connectivity index is 1.81. The van der Waals surface area contributed by atoms with Crippen LogP contribution in [0.1, 0.15) is 0 Å². The number of carbonyl (C=O) groups excluding carboxylic acids is 2. The number of rotatable bonds is 5. The molecule has 2 aromatic heterocycles. The van der Waals surface area contributed by atoms with Crippen molar-refractivity contribution < 1.29 is 9.59 Å². The summed E-state index contributed by atoms with van der Waals surface area (Å²) in [6.45, 7) is -0.313. The van der Waals surface area contributed by atoms with Crippen LogP contribution < -0.4 is 10.9 Å². The Labute approximate surface area is 164 Å². The predicted molar refractivity (Wildman–Crippen MR) is 106 cm³/mol. The van der Waals surface area contributed by atoms with E-state index in [-0.39, 0.29) is 24.6 Å². The van der Waals surface area contributed by atoms with E-state index in [1.807, 2.05) is 18.2 Å². The summed E-state index contributed by atoms with van der Waals surface area (Å²) in [6, 6.07) is 9.16. The Bertz CT molecular complexity index is 1060. The number of likely N-dealkylation sites (N-methyl/N-ethyl adjacent to an activating group) is 1. The molecule has 2 amide bonds. The molecule has 0 bridgehead atoms. The highest BCUT2D eigenvalue weighted by molar-refractivity contribution is 7.22. The number of thiophene rings is 1. The summed E-state index contributed by atoms with van der Waals surface area (Å²) < 4.78 is 1.71. The van der Waals surface area contributed by atoms with E-state index >= 15 is 0 Å². The van der Waals surface area contributed by atoms with Crippen LogP contribution >= 0.6 is 22.9 Å². The van der Waals surface area contributed by atoms with Gasteiger partial charge in [-0.3, -0.25) is 19.0 Å². The number of fused-ring (bicyclic) bond motifs is 1. The van der Waals surface area contributed by atoms with Crippen molar-refractivity contribution in [3.05, 3.63) is 52.0 Å². The second-order valence-corrected chi connectivity index (χ2v) is 7.56. The molecule has 0 saturated carbocycles. The molecule has 27 heavy (non-hydrogen) atoms. The molecule has 9 heteroatoms. The zero-order chi connectivity index (χ0) is 19.6. The van der Waals surface area contributed by atoms with Gasteiger partial charge >= 0.3 is 0 Å². The van der Waals surface area contributed by atoms with Crippen LogP contribution in [0.15, 0.2) is 41.5 Å². The van der Waals surface area contributed by atoms with Crippen molar-refractivity contribution in [1.29, 1.82) is 0 Å². The molecule has 7 nitrogen and oxygen atoms in total. The number of benzene rings is 1. The summed E-state index contributed by atoms with van der Waals surface area (Å²) in [5.41, 5.74) is 1.22. The molecular weight excluding hydrogens is 388 g/mol. The number of hydrogen-bond donors (Lipinski definition) is 1. The minimum atomic E-state index is -0.428. The van der Waals surface area contributed by atoms with Gasteiger partial charge in [-0.15, -0.1) is 11.3 Å². The van der Waals surface area contributed by atoms with Gasteiger partial charge in [0.25, 0.3) is 5.56 Å². The highest BCUT2D eigenvalue weighted by atomic mass is 35.5. The molecule has 0 aliphatic rings. The van der Waals surface area contributed by atoms with Crippen molar-refractivity contribution in [2.24, 2.45) is 0 Å². The topological polar surface area (TPSA) is 84.3 Å². The monoisotopic (exact) mass is 404 g/mol. The predicted octanol–water partition coefficient (Wildman–Crippen LogP) is 1.98. The van der Waals surface area contributed by atoms with Crippen LogP contribution in [0.5, 0.6) is 0 Å². The molecule has 0 aliphatic carbocycles. The second-order valence-electron chi connectivity index (χ2n) is 6.07. The normalized spacial score (nSPS) is 10.8. The van der Waals surface area contributed by atoms with Gasteiger partial charge in [0.2, 0.25) is 11.8 Å². The fourth-order valence-electron chi connectivity index (χ4n) is 2.36. The van der Waals surface area contributed by atoms with Crippen LogP contribution in [-0.4, -0.2) is 46.9 Å². The zero-order valence-corrected chi connectivity index (χ0v) is 16.3. The van der Waals surface area contributed by atoms with Crippen molar-refractivity contribution in [3.63, 3.8) is 0 Å². The SMILES string of the molecule is CN(C)C(=O)CNC(=O)Cn1cnc2cc(-c3ccc(Cl)cc3)sc2c1=O. The van der Waals surface area contributed by atoms with Crippen LogP contribution in [0.4, 0.5) is 0 Å². The van der Waals surface area contributed by atoms with Crippen LogP contribution in [0.3, 0.4) is 0 Å². The summed E-state index contributed by atoms with van der Waals surface area (Å²) >= 11 is 7.23. The van der Waals surface area contributed by atoms with Gasteiger partial charge in [0.15, 0.2) is 0 Å². The summed E-state index contributed by atoms with van der Waals surface area (Å²) in [4.78, 5) is 42.7. The highest BCUT2D eigenvalue weighted by Crippen LogP contribution is 2.31. The van der Waals surface area contributed by atoms with Crippen molar-refractivity contribution in [2.75, 3.05) is 20.6 Å². The first-order chi connectivity index (χ1) is 12.8. The van der Waals surface area contributed by atoms with E-state index < -0.39 is 5.91 Å². The van der Waals surface area contributed by atoms with E-state index in [1.165, 1.54) is 27.1 Å². The van der Waals surface area contributed by atoms with Crippen molar-refractivity contribution >= 4 is 45.0 Å². The molecular formula is C18H17ClN4O3S. The molecule has 1 N–H and O–H groups in total. The Hall–Kier alpha value is -2.71. The first-order valence-corrected chi connectivity index (χ1v) is 9.26. The average molecular weight is 405 g/mol. The van der Waals surface area contributed by atoms with Crippen molar-refractivity contribution in [1.82, 2.24) is 19.8 Å². The number of aromatic nitrogens is 2. The molecule has 1 aromatic carbocycles. The fourth-order valence-corrected chi connectivity index (χ4v) is 3.55. The maximum Gasteiger partial charge on any atom is 0.271 e. The lowest BCUT2D eigenvalue weighted by molar-refractivity contribution is -0.131. The highest BCUT2D eigenvalue weighted by Gasteiger charge is 2.13. The molecule has 0 radical (unpaired) electrons. The molecule has 0 fully saturated rings. The van der Waals surface area contributed by atoms with E-state index in [4.69, 9.17) is 11.6 Å². The average Bonchev–Trinajstić information content (AvgIpc) is 3.07. The molecule has 0 unspecified atom stereocenters. The smallest absolute Gasteiger partial charge is 0.271 e. The molecule has 0 atom stereocenters. The first kappa shape index (κ1) is 19.1. The molecule has 0 spiro atoms. The van der Waals surface area contributed by atoms with E-state index in [0.717, 1.165) is 10.4 Å². The Morgan fingerprint density at radius 1 is 1.26 bits per heavy atom. The fraction of sp³-hybridized carbons (Fsp3) is 0.222. The molecule has 3 aromatic rings. The first-order valence-electron chi connectivity index (χ1n) is 8.07. The largest absolute Gasteiger partial charge is 0.347 e. The zero-order valence-electron chi connectivity index (χ0n) is 14.7. The minimum absolute atomic E-state index is 0.115. The van der Waals surface area contributed by atoms with E-state index in [9.17, 15) is 14.4 Å². The Kier molecular flexibility index (Phi) is 5.57. The van der Waals surface area contributed by atoms with Crippen LogP contribution in [0.25, 0.3) is 20.7 Å². The Morgan fingerprint density at radius 2 is 1.96 bits per heavy atom. The quantitative estimate of drug-likeness (QED) is 0.704. The van der Waals surface area contributed by atoms with Crippen molar-refractivity contribution in [2.45, 2.75) is 6.54 Å². The van der Waals surface area contributed by atoms with Gasteiger partial charge in [0.05, 0.1) is 18.4 Å². The van der Waals surface area contributed by atoms with Crippen LogP contribution in [0.2, 0.25) is 5.02 Å². The van der Waals surface area contributed by atoms with E-state index in [1.54, 1.807) is 26.2 Å². The van der Waals surface area contributed by atoms with Crippen molar-refractivity contribution in [3.8, 4) is 10.4 Å². The molecule has 0 saturated heterocycles. The van der Waals surface area contributed by atoms with E-state index in [0.29, 0.717) is 15.2 Å². The van der Waals surface area contributed by atoms with Gasteiger partial charge in [0, 0.05) is 24.0 Å². The summed E-state index contributed by atoms with van der Waals surface area (Å²) in [7, 11) is 3.21. The molecule has 3 rings (SSSR count). The van der Waals surface area contributed by atoms with Gasteiger partial charge < -0.3 is 10.2 Å². The van der Waals surface area contributed by atoms with Gasteiger partial charge in [-0.25, -0.2) is 4.98 Å². The van der Waals surface area contributed by atoms with Gasteiger partial charge in [-0.2, -0.15) is 0 Å². The summed E-state index contributed by atoms with van der Waals surface area (Å²) in [5.74, 6) is -0.655. The summed E-state index contributed by atoms with van der Waals surface area (Å²) in [6.07, 6.45) is 1.34. The lowest BCUT2D eigenvalue weighted by Crippen LogP contribution is -2.39. The maximum atomic E-state index is 12.7. The third-order valence-electron chi connectivity index (χ3n) is 3.88. The Morgan fingerprint density at radius 3 is 2.63 bits per heavy atom. The minimum Gasteiger partial charge on any atom is -0.347 e. The standard InChI is InChI=1S/C18H17ClN4O3S/c1-22(2)16(25)8-20-15(24)9-23-10-21-13-7-14(27-17(13)18(23)26)11-3-5-12(19)6-4-11/h3-7,10H,8-9H2,1-2H3,(H,20,24). The third kappa shape index (κ3) is 4.35. The van der Waals surface area contributed by atoms with Gasteiger partial charge in [-0.05, 0) is 23.8 Å². The lowest BCUT2D eigenvalue weighted by atomic mass is 10.2. The van der Waals surface area contributed by atoms with Crippen LogP contribution in [-0.2, 0) is 16.1 Å². The number of halogens is 1. The van der Waals surface area contributed by atoms with Crippen LogP contribution in [0, 0.1) is 0 Å². The second kappa shape index (κ2) is 7.89. The third-order valence-corrected chi connectivity index (χ3v) is 5.30. The lowest BCUT2D eigenvalue weighted by Gasteiger charge is -2.11. The number of nitrogens with zero attached hydrogens (tertiary/aromatic N) is 3.